The number of benzene rings is 3. The molecule has 0 saturated carbocycles. The lowest BCUT2D eigenvalue weighted by molar-refractivity contribution is -0.136. The van der Waals surface area contributed by atoms with E-state index in [0.29, 0.717) is 22.8 Å². The van der Waals surface area contributed by atoms with Crippen LogP contribution in [0, 0.1) is 11.6 Å². The molecule has 0 fully saturated rings. The molecule has 33 heavy (non-hydrogen) atoms. The highest BCUT2D eigenvalue weighted by molar-refractivity contribution is 6.39. The van der Waals surface area contributed by atoms with Crippen LogP contribution in [0.2, 0.25) is 0 Å². The molecule has 2 amide bonds. The van der Waals surface area contributed by atoms with Crippen molar-refractivity contribution < 1.29 is 27.8 Å². The number of halogens is 2. The topological polar surface area (TPSA) is 89.0 Å². The maximum atomic E-state index is 13.6. The second kappa shape index (κ2) is 10.9. The fourth-order valence-electron chi connectivity index (χ4n) is 2.75. The van der Waals surface area contributed by atoms with Crippen LogP contribution in [-0.2, 0) is 16.2 Å². The molecule has 0 aliphatic carbocycles. The third-order valence-electron chi connectivity index (χ3n) is 4.54. The van der Waals surface area contributed by atoms with Crippen LogP contribution in [0.5, 0.6) is 11.5 Å². The summed E-state index contributed by atoms with van der Waals surface area (Å²) >= 11 is 0. The summed E-state index contributed by atoms with van der Waals surface area (Å²) in [6, 6.07) is 16.5. The molecule has 9 heteroatoms. The molecule has 0 unspecified atom stereocenters. The minimum Gasteiger partial charge on any atom is -0.493 e. The van der Waals surface area contributed by atoms with E-state index in [4.69, 9.17) is 9.47 Å². The zero-order valence-electron chi connectivity index (χ0n) is 17.9. The lowest BCUT2D eigenvalue weighted by Crippen LogP contribution is -2.33. The third kappa shape index (κ3) is 6.36. The summed E-state index contributed by atoms with van der Waals surface area (Å²) in [6.45, 7) is 1.85. The van der Waals surface area contributed by atoms with E-state index >= 15 is 0 Å². The van der Waals surface area contributed by atoms with Crippen LogP contribution in [0.15, 0.2) is 71.8 Å². The molecule has 0 saturated heterocycles. The highest BCUT2D eigenvalue weighted by Gasteiger charge is 2.15. The van der Waals surface area contributed by atoms with Crippen molar-refractivity contribution in [2.75, 3.05) is 12.4 Å². The van der Waals surface area contributed by atoms with Gasteiger partial charge in [0.1, 0.15) is 18.2 Å². The lowest BCUT2D eigenvalue weighted by atomic mass is 10.1. The summed E-state index contributed by atoms with van der Waals surface area (Å²) in [5, 5.41) is 6.09. The Morgan fingerprint density at radius 1 is 0.939 bits per heavy atom. The van der Waals surface area contributed by atoms with Gasteiger partial charge in [0.2, 0.25) is 0 Å². The predicted molar refractivity (Wildman–Crippen MR) is 119 cm³/mol. The number of ether oxygens (including phenoxy) is 2. The Balaban J connectivity index is 1.63. The summed E-state index contributed by atoms with van der Waals surface area (Å²) in [5.74, 6) is -2.21. The number of hydrazone groups is 1. The molecule has 2 N–H and O–H groups in total. The van der Waals surface area contributed by atoms with Gasteiger partial charge in [-0.25, -0.2) is 14.2 Å². The molecule has 0 atom stereocenters. The smallest absolute Gasteiger partial charge is 0.329 e. The van der Waals surface area contributed by atoms with Crippen molar-refractivity contribution in [1.29, 1.82) is 0 Å². The van der Waals surface area contributed by atoms with E-state index in [1.807, 2.05) is 0 Å². The Morgan fingerprint density at radius 2 is 1.67 bits per heavy atom. The van der Waals surface area contributed by atoms with Crippen molar-refractivity contribution in [3.05, 3.63) is 89.5 Å². The fraction of sp³-hybridized carbons (Fsp3) is 0.125. The number of nitrogens with zero attached hydrogens (tertiary/aromatic N) is 1. The van der Waals surface area contributed by atoms with E-state index in [-0.39, 0.29) is 18.1 Å². The van der Waals surface area contributed by atoms with E-state index in [9.17, 15) is 18.4 Å². The fourth-order valence-corrected chi connectivity index (χ4v) is 2.75. The van der Waals surface area contributed by atoms with E-state index in [1.165, 1.54) is 37.4 Å². The monoisotopic (exact) mass is 453 g/mol. The summed E-state index contributed by atoms with van der Waals surface area (Å²) in [5.41, 5.74) is 3.81. The first kappa shape index (κ1) is 23.4. The summed E-state index contributed by atoms with van der Waals surface area (Å²) in [4.78, 5) is 23.9. The van der Waals surface area contributed by atoms with Gasteiger partial charge in [0.05, 0.1) is 18.5 Å². The highest BCUT2D eigenvalue weighted by Crippen LogP contribution is 2.29. The molecule has 0 aromatic heterocycles. The van der Waals surface area contributed by atoms with E-state index in [2.05, 4.69) is 15.8 Å². The van der Waals surface area contributed by atoms with Gasteiger partial charge in [-0.15, -0.1) is 0 Å². The second-order valence-electron chi connectivity index (χ2n) is 6.85. The molecule has 3 aromatic rings. The van der Waals surface area contributed by atoms with Crippen molar-refractivity contribution in [3.8, 4) is 11.5 Å². The van der Waals surface area contributed by atoms with Crippen LogP contribution in [-0.4, -0.2) is 24.6 Å². The first-order valence-corrected chi connectivity index (χ1v) is 9.83. The molecular weight excluding hydrogens is 432 g/mol. The van der Waals surface area contributed by atoms with Crippen molar-refractivity contribution in [2.45, 2.75) is 13.5 Å². The van der Waals surface area contributed by atoms with Crippen molar-refractivity contribution in [2.24, 2.45) is 5.10 Å². The van der Waals surface area contributed by atoms with Crippen LogP contribution in [0.1, 0.15) is 18.1 Å². The number of methoxy groups -OCH3 is 1. The SMILES string of the molecule is COc1cc(/C(C)=N/NC(=O)C(=O)Nc2ccccc2F)ccc1OCc1ccc(F)cc1. The maximum Gasteiger partial charge on any atom is 0.329 e. The largest absolute Gasteiger partial charge is 0.493 e. The van der Waals surface area contributed by atoms with Crippen LogP contribution >= 0.6 is 0 Å². The molecule has 3 aromatic carbocycles. The molecule has 0 bridgehead atoms. The van der Waals surface area contributed by atoms with Crippen molar-refractivity contribution in [1.82, 2.24) is 5.43 Å². The van der Waals surface area contributed by atoms with Gasteiger partial charge in [-0.2, -0.15) is 5.10 Å². The zero-order chi connectivity index (χ0) is 23.8. The second-order valence-corrected chi connectivity index (χ2v) is 6.85. The van der Waals surface area contributed by atoms with Gasteiger partial charge in [-0.1, -0.05) is 24.3 Å². The van der Waals surface area contributed by atoms with Gasteiger partial charge in [-0.3, -0.25) is 9.59 Å². The van der Waals surface area contributed by atoms with Crippen molar-refractivity contribution >= 4 is 23.2 Å². The van der Waals surface area contributed by atoms with Crippen LogP contribution in [0.25, 0.3) is 0 Å². The van der Waals surface area contributed by atoms with Gasteiger partial charge < -0.3 is 14.8 Å². The molecule has 0 aliphatic rings. The van der Waals surface area contributed by atoms with Gasteiger partial charge in [0.25, 0.3) is 0 Å². The number of para-hydroxylation sites is 1. The number of carbonyl (C=O) groups excluding carboxylic acids is 2. The Hall–Kier alpha value is -4.27. The van der Waals surface area contributed by atoms with Crippen LogP contribution in [0.3, 0.4) is 0 Å². The standard InChI is InChI=1S/C24H21F2N3O4/c1-15(28-29-24(31)23(30)27-20-6-4-3-5-19(20)26)17-9-12-21(22(13-17)32-2)33-14-16-7-10-18(25)11-8-16/h3-13H,14H2,1-2H3,(H,27,30)(H,29,31)/b28-15+. The predicted octanol–water partition coefficient (Wildman–Crippen LogP) is 4.03. The quantitative estimate of drug-likeness (QED) is 0.321. The van der Waals surface area contributed by atoms with Gasteiger partial charge in [-0.05, 0) is 55.0 Å². The highest BCUT2D eigenvalue weighted by atomic mass is 19.1. The van der Waals surface area contributed by atoms with E-state index in [1.54, 1.807) is 37.3 Å². The van der Waals surface area contributed by atoms with E-state index in [0.717, 1.165) is 11.6 Å². The number of nitrogens with one attached hydrogen (secondary N) is 2. The number of carbonyl (C=O) groups is 2. The van der Waals surface area contributed by atoms with Crippen molar-refractivity contribution in [3.63, 3.8) is 0 Å². The zero-order valence-corrected chi connectivity index (χ0v) is 17.9. The summed E-state index contributed by atoms with van der Waals surface area (Å²) < 4.78 is 37.7. The van der Waals surface area contributed by atoms with Gasteiger partial charge in [0.15, 0.2) is 11.5 Å². The maximum absolute atomic E-state index is 13.6. The minimum absolute atomic E-state index is 0.112. The molecule has 0 aliphatic heterocycles. The molecule has 170 valence electrons. The average Bonchev–Trinajstić information content (AvgIpc) is 2.83. The summed E-state index contributed by atoms with van der Waals surface area (Å²) in [6.07, 6.45) is 0. The number of rotatable bonds is 7. The first-order valence-electron chi connectivity index (χ1n) is 9.83. The van der Waals surface area contributed by atoms with Gasteiger partial charge in [0, 0.05) is 5.56 Å². The molecule has 0 heterocycles. The third-order valence-corrected chi connectivity index (χ3v) is 4.54. The number of hydrogen-bond donors (Lipinski definition) is 2. The average molecular weight is 453 g/mol. The summed E-state index contributed by atoms with van der Waals surface area (Å²) in [7, 11) is 1.48. The first-order chi connectivity index (χ1) is 15.9. The molecular formula is C24H21F2N3O4. The molecule has 0 spiro atoms. The Kier molecular flexibility index (Phi) is 7.69. The molecule has 7 nitrogen and oxygen atoms in total. The van der Waals surface area contributed by atoms with E-state index < -0.39 is 17.6 Å². The van der Waals surface area contributed by atoms with Gasteiger partial charge >= 0.3 is 11.8 Å². The lowest BCUT2D eigenvalue weighted by Gasteiger charge is -2.12. The van der Waals surface area contributed by atoms with Crippen LogP contribution < -0.4 is 20.2 Å². The Bertz CT molecular complexity index is 1180. The molecule has 3 rings (SSSR count). The molecule has 0 radical (unpaired) electrons. The number of hydrogen-bond acceptors (Lipinski definition) is 5. The Labute approximate surface area is 189 Å². The Morgan fingerprint density at radius 3 is 2.36 bits per heavy atom. The number of anilines is 1. The minimum atomic E-state index is -1.06. The number of amides is 2. The normalized spacial score (nSPS) is 11.0. The van der Waals surface area contributed by atoms with Crippen LogP contribution in [0.4, 0.5) is 14.5 Å².